The van der Waals surface area contributed by atoms with Gasteiger partial charge in [0.25, 0.3) is 0 Å². The lowest BCUT2D eigenvalue weighted by Crippen LogP contribution is -2.26. The molecule has 1 N–H and O–H groups in total. The van der Waals surface area contributed by atoms with Crippen LogP contribution in [0.3, 0.4) is 0 Å². The third-order valence-corrected chi connectivity index (χ3v) is 4.64. The van der Waals surface area contributed by atoms with Gasteiger partial charge in [-0.2, -0.15) is 0 Å². The largest absolute Gasteiger partial charge is 0.310 e. The summed E-state index contributed by atoms with van der Waals surface area (Å²) >= 11 is 6.33. The van der Waals surface area contributed by atoms with Gasteiger partial charge in [-0.15, -0.1) is 0 Å². The molecule has 0 heterocycles. The molecule has 0 aromatic heterocycles. The molecule has 0 aliphatic heterocycles. The van der Waals surface area contributed by atoms with E-state index < -0.39 is 0 Å². The van der Waals surface area contributed by atoms with E-state index in [-0.39, 0.29) is 11.9 Å². The Bertz CT molecular complexity index is 641. The van der Waals surface area contributed by atoms with E-state index in [9.17, 15) is 4.39 Å². The van der Waals surface area contributed by atoms with E-state index in [2.05, 4.69) is 36.5 Å². The normalized spacial score (nSPS) is 18.5. The van der Waals surface area contributed by atoms with Crippen LogP contribution >= 0.6 is 11.6 Å². The molecule has 2 aromatic carbocycles. The Kier molecular flexibility index (Phi) is 4.27. The smallest absolute Gasteiger partial charge is 0.123 e. The predicted octanol–water partition coefficient (Wildman–Crippen LogP) is 4.86. The lowest BCUT2D eigenvalue weighted by molar-refractivity contribution is 0.451. The molecule has 2 aromatic rings. The number of rotatable bonds is 4. The molecular formula is C18H19ClFN. The average molecular weight is 304 g/mol. The van der Waals surface area contributed by atoms with Crippen LogP contribution in [0.5, 0.6) is 0 Å². The minimum atomic E-state index is -0.233. The van der Waals surface area contributed by atoms with Crippen molar-refractivity contribution in [2.45, 2.75) is 31.7 Å². The molecule has 21 heavy (non-hydrogen) atoms. The highest BCUT2D eigenvalue weighted by molar-refractivity contribution is 6.31. The van der Waals surface area contributed by atoms with E-state index in [1.54, 1.807) is 12.1 Å². The van der Waals surface area contributed by atoms with Crippen molar-refractivity contribution < 1.29 is 4.39 Å². The van der Waals surface area contributed by atoms with E-state index >= 15 is 0 Å². The molecule has 0 saturated carbocycles. The monoisotopic (exact) mass is 303 g/mol. The number of benzene rings is 2. The molecule has 0 bridgehead atoms. The summed E-state index contributed by atoms with van der Waals surface area (Å²) in [6.07, 6.45) is 2.15. The molecule has 3 heteroatoms. The highest BCUT2D eigenvalue weighted by Gasteiger charge is 2.31. The summed E-state index contributed by atoms with van der Waals surface area (Å²) in [6.45, 7) is 2.90. The van der Waals surface area contributed by atoms with Crippen molar-refractivity contribution in [3.05, 3.63) is 70.0 Å². The summed E-state index contributed by atoms with van der Waals surface area (Å²) in [5, 5.41) is 4.13. The standard InChI is InChI=1S/C18H19ClFN/c1-2-21-18(16-11-13(20)8-10-17(16)19)15-9-7-12-5-3-4-6-14(12)15/h3-6,8,10-11,15,18,21H,2,7,9H2,1H3. The van der Waals surface area contributed by atoms with Gasteiger partial charge in [-0.1, -0.05) is 42.8 Å². The molecule has 0 amide bonds. The van der Waals surface area contributed by atoms with Crippen molar-refractivity contribution in [2.24, 2.45) is 0 Å². The van der Waals surface area contributed by atoms with Crippen molar-refractivity contribution in [2.75, 3.05) is 6.54 Å². The molecule has 1 aliphatic carbocycles. The number of likely N-dealkylation sites (N-methyl/N-ethyl adjacent to an activating group) is 1. The lowest BCUT2D eigenvalue weighted by atomic mass is 9.88. The second-order valence-corrected chi connectivity index (χ2v) is 5.95. The fraction of sp³-hybridized carbons (Fsp3) is 0.333. The van der Waals surface area contributed by atoms with Crippen LogP contribution in [0, 0.1) is 5.82 Å². The summed E-state index contributed by atoms with van der Waals surface area (Å²) in [5.74, 6) is 0.115. The zero-order valence-electron chi connectivity index (χ0n) is 12.1. The van der Waals surface area contributed by atoms with Gasteiger partial charge in [0.1, 0.15) is 5.82 Å². The Morgan fingerprint density at radius 1 is 1.29 bits per heavy atom. The fourth-order valence-electron chi connectivity index (χ4n) is 3.38. The van der Waals surface area contributed by atoms with Gasteiger partial charge in [-0.05, 0) is 54.3 Å². The minimum absolute atomic E-state index is 0.0573. The van der Waals surface area contributed by atoms with E-state index in [1.165, 1.54) is 17.2 Å². The van der Waals surface area contributed by atoms with Crippen molar-refractivity contribution in [1.29, 1.82) is 0 Å². The lowest BCUT2D eigenvalue weighted by Gasteiger charge is -2.26. The number of aryl methyl sites for hydroxylation is 1. The Labute approximate surface area is 130 Å². The Morgan fingerprint density at radius 3 is 2.90 bits per heavy atom. The Balaban J connectivity index is 2.01. The maximum absolute atomic E-state index is 13.6. The molecule has 1 nitrogen and oxygen atoms in total. The molecule has 2 unspecified atom stereocenters. The first kappa shape index (κ1) is 14.6. The molecule has 0 radical (unpaired) electrons. The highest BCUT2D eigenvalue weighted by Crippen LogP contribution is 2.43. The molecular weight excluding hydrogens is 285 g/mol. The Morgan fingerprint density at radius 2 is 2.10 bits per heavy atom. The third-order valence-electron chi connectivity index (χ3n) is 4.30. The summed E-state index contributed by atoms with van der Waals surface area (Å²) in [7, 11) is 0. The van der Waals surface area contributed by atoms with Crippen LogP contribution in [0.15, 0.2) is 42.5 Å². The average Bonchev–Trinajstić information content (AvgIpc) is 2.91. The van der Waals surface area contributed by atoms with Crippen LogP contribution in [0.25, 0.3) is 0 Å². The number of hydrogen-bond acceptors (Lipinski definition) is 1. The van der Waals surface area contributed by atoms with Gasteiger partial charge in [0.2, 0.25) is 0 Å². The van der Waals surface area contributed by atoms with E-state index in [4.69, 9.17) is 11.6 Å². The third kappa shape index (κ3) is 2.83. The van der Waals surface area contributed by atoms with Crippen molar-refractivity contribution in [3.8, 4) is 0 Å². The molecule has 1 aliphatic rings. The number of fused-ring (bicyclic) bond motifs is 1. The van der Waals surface area contributed by atoms with Gasteiger partial charge in [-0.3, -0.25) is 0 Å². The summed E-state index contributed by atoms with van der Waals surface area (Å²) in [6, 6.07) is 13.2. The van der Waals surface area contributed by atoms with Crippen LogP contribution in [0.1, 0.15) is 42.0 Å². The van der Waals surface area contributed by atoms with Crippen LogP contribution < -0.4 is 5.32 Å². The van der Waals surface area contributed by atoms with E-state index in [0.717, 1.165) is 24.9 Å². The summed E-state index contributed by atoms with van der Waals surface area (Å²) in [4.78, 5) is 0. The van der Waals surface area contributed by atoms with Gasteiger partial charge in [0, 0.05) is 17.0 Å². The van der Waals surface area contributed by atoms with Gasteiger partial charge in [0.05, 0.1) is 0 Å². The van der Waals surface area contributed by atoms with Crippen molar-refractivity contribution in [1.82, 2.24) is 5.32 Å². The first-order valence-corrected chi connectivity index (χ1v) is 7.84. The molecule has 0 saturated heterocycles. The van der Waals surface area contributed by atoms with E-state index in [0.29, 0.717) is 10.9 Å². The highest BCUT2D eigenvalue weighted by atomic mass is 35.5. The minimum Gasteiger partial charge on any atom is -0.310 e. The number of halogens is 2. The van der Waals surface area contributed by atoms with Gasteiger partial charge < -0.3 is 5.32 Å². The molecule has 2 atom stereocenters. The van der Waals surface area contributed by atoms with Gasteiger partial charge in [-0.25, -0.2) is 4.39 Å². The summed E-state index contributed by atoms with van der Waals surface area (Å²) < 4.78 is 13.6. The first-order valence-electron chi connectivity index (χ1n) is 7.47. The second kappa shape index (κ2) is 6.17. The second-order valence-electron chi connectivity index (χ2n) is 5.55. The van der Waals surface area contributed by atoms with E-state index in [1.807, 2.05) is 0 Å². The van der Waals surface area contributed by atoms with Gasteiger partial charge >= 0.3 is 0 Å². The van der Waals surface area contributed by atoms with Gasteiger partial charge in [0.15, 0.2) is 0 Å². The molecule has 110 valence electrons. The zero-order chi connectivity index (χ0) is 14.8. The summed E-state index contributed by atoms with van der Waals surface area (Å²) in [5.41, 5.74) is 3.63. The SMILES string of the molecule is CCNC(c1cc(F)ccc1Cl)C1CCc2ccccc21. The van der Waals surface area contributed by atoms with Crippen LogP contribution in [0.4, 0.5) is 4.39 Å². The maximum atomic E-state index is 13.6. The van der Waals surface area contributed by atoms with Crippen molar-refractivity contribution >= 4 is 11.6 Å². The van der Waals surface area contributed by atoms with Crippen LogP contribution in [-0.2, 0) is 6.42 Å². The first-order chi connectivity index (χ1) is 10.2. The van der Waals surface area contributed by atoms with Crippen LogP contribution in [0.2, 0.25) is 5.02 Å². The van der Waals surface area contributed by atoms with Crippen molar-refractivity contribution in [3.63, 3.8) is 0 Å². The zero-order valence-corrected chi connectivity index (χ0v) is 12.8. The number of nitrogens with one attached hydrogen (secondary N) is 1. The topological polar surface area (TPSA) is 12.0 Å². The molecule has 3 rings (SSSR count). The van der Waals surface area contributed by atoms with Crippen LogP contribution in [-0.4, -0.2) is 6.54 Å². The maximum Gasteiger partial charge on any atom is 0.123 e. The predicted molar refractivity (Wildman–Crippen MR) is 85.3 cm³/mol. The molecule has 0 spiro atoms. The number of hydrogen-bond donors (Lipinski definition) is 1. The molecule has 0 fully saturated rings. The Hall–Kier alpha value is -1.38. The fourth-order valence-corrected chi connectivity index (χ4v) is 3.61. The quantitative estimate of drug-likeness (QED) is 0.850.